The largest absolute Gasteiger partial charge is 1.00 e. The minimum absolute atomic E-state index is 0. The first-order valence-corrected chi connectivity index (χ1v) is 22.6. The number of phenols is 2. The van der Waals surface area contributed by atoms with Gasteiger partial charge in [0.15, 0.2) is 11.4 Å². The first kappa shape index (κ1) is 54.0. The normalized spacial score (nSPS) is 11.8. The van der Waals surface area contributed by atoms with Gasteiger partial charge in [0.05, 0.1) is 32.8 Å². The molecule has 0 aliphatic heterocycles. The molecule has 4 aromatic carbocycles. The summed E-state index contributed by atoms with van der Waals surface area (Å²) < 4.78 is 56.0. The van der Waals surface area contributed by atoms with Gasteiger partial charge in [-0.25, -0.2) is 16.8 Å². The third kappa shape index (κ3) is 11.7. The van der Waals surface area contributed by atoms with Crippen molar-refractivity contribution in [2.75, 3.05) is 26.2 Å². The van der Waals surface area contributed by atoms with Gasteiger partial charge in [0.25, 0.3) is 0 Å². The maximum atomic E-state index is 12.7. The fourth-order valence-electron chi connectivity index (χ4n) is 5.98. The molecule has 6 rings (SSSR count). The van der Waals surface area contributed by atoms with E-state index < -0.39 is 31.5 Å². The van der Waals surface area contributed by atoms with Crippen molar-refractivity contribution in [3.63, 3.8) is 0 Å². The van der Waals surface area contributed by atoms with E-state index >= 15 is 0 Å². The maximum Gasteiger partial charge on any atom is 1.00 e. The van der Waals surface area contributed by atoms with Crippen molar-refractivity contribution >= 4 is 66.0 Å². The molecule has 2 aromatic heterocycles. The van der Waals surface area contributed by atoms with E-state index in [-0.39, 0.29) is 127 Å². The Morgan fingerprint density at radius 2 is 0.875 bits per heavy atom. The molecule has 64 heavy (non-hydrogen) atoms. The fourth-order valence-corrected chi connectivity index (χ4v) is 9.93. The van der Waals surface area contributed by atoms with Crippen LogP contribution in [-0.4, -0.2) is 91.6 Å². The van der Waals surface area contributed by atoms with Crippen LogP contribution in [0.2, 0.25) is 10.0 Å². The SMILES string of the molecule is CCN(CC)S(=O)(=O)c1cc(O)c(N=Nc2c(C)nn(-c3ccccc3)c2O)cc1Cl.CCN(CC)S(=O)(=O)c1cc(O)c(N=Nc2c(C)nn(-c3ccccc3)c2O)cc1Cl.[Cr].[Na+]. The molecule has 334 valence electrons. The van der Waals surface area contributed by atoms with Crippen molar-refractivity contribution in [2.45, 2.75) is 51.3 Å². The zero-order valence-electron chi connectivity index (χ0n) is 35.8. The Balaban J connectivity index is 0.000000330. The van der Waals surface area contributed by atoms with E-state index in [1.807, 2.05) is 12.1 Å². The van der Waals surface area contributed by atoms with Crippen molar-refractivity contribution < 1.29 is 84.2 Å². The molecule has 24 heteroatoms. The number of halogens is 2. The van der Waals surface area contributed by atoms with E-state index in [0.717, 1.165) is 12.1 Å². The number of hydrogen-bond acceptors (Lipinski definition) is 14. The van der Waals surface area contributed by atoms with Crippen molar-refractivity contribution in [2.24, 2.45) is 20.5 Å². The Morgan fingerprint density at radius 3 is 1.17 bits per heavy atom. The second-order valence-electron chi connectivity index (χ2n) is 13.1. The van der Waals surface area contributed by atoms with E-state index in [9.17, 15) is 37.3 Å². The zero-order valence-corrected chi connectivity index (χ0v) is 42.2. The van der Waals surface area contributed by atoms with Crippen LogP contribution in [0.1, 0.15) is 39.1 Å². The van der Waals surface area contributed by atoms with Gasteiger partial charge in [0, 0.05) is 55.7 Å². The van der Waals surface area contributed by atoms with Crippen LogP contribution < -0.4 is 29.6 Å². The van der Waals surface area contributed by atoms with Crippen molar-refractivity contribution in [1.82, 2.24) is 28.2 Å². The van der Waals surface area contributed by atoms with E-state index in [0.29, 0.717) is 22.8 Å². The summed E-state index contributed by atoms with van der Waals surface area (Å²) in [5.41, 5.74) is 2.23. The first-order valence-electron chi connectivity index (χ1n) is 19.0. The molecule has 4 N–H and O–H groups in total. The number of nitrogens with zero attached hydrogens (tertiary/aromatic N) is 10. The van der Waals surface area contributed by atoms with Crippen LogP contribution in [0.3, 0.4) is 0 Å². The van der Waals surface area contributed by atoms with Gasteiger partial charge in [-0.15, -0.1) is 20.5 Å². The molecular weight excluding hydrogens is 959 g/mol. The van der Waals surface area contributed by atoms with Crippen LogP contribution >= 0.6 is 23.2 Å². The predicted molar refractivity (Wildman–Crippen MR) is 235 cm³/mol. The predicted octanol–water partition coefficient (Wildman–Crippen LogP) is 6.38. The Hall–Kier alpha value is -4.37. The Morgan fingerprint density at radius 1 is 0.562 bits per heavy atom. The average Bonchev–Trinajstić information content (AvgIpc) is 3.70. The molecule has 2 heterocycles. The number of para-hydroxylation sites is 2. The maximum absolute atomic E-state index is 12.7. The van der Waals surface area contributed by atoms with Crippen LogP contribution in [0.15, 0.2) is 115 Å². The van der Waals surface area contributed by atoms with Crippen LogP contribution in [0.4, 0.5) is 22.7 Å². The molecule has 0 bridgehead atoms. The monoisotopic (exact) mass is 1000 g/mol. The number of azo groups is 2. The Kier molecular flexibility index (Phi) is 19.6. The molecular formula is C40H44Cl2CrN10NaO8S2+. The van der Waals surface area contributed by atoms with Crippen LogP contribution in [0.5, 0.6) is 23.3 Å². The summed E-state index contributed by atoms with van der Waals surface area (Å²) in [4.78, 5) is -0.435. The fraction of sp³-hybridized carbons (Fsp3) is 0.250. The van der Waals surface area contributed by atoms with Gasteiger partial charge in [-0.3, -0.25) is 0 Å². The van der Waals surface area contributed by atoms with E-state index in [4.69, 9.17) is 23.2 Å². The van der Waals surface area contributed by atoms with E-state index in [2.05, 4.69) is 30.7 Å². The molecule has 0 fully saturated rings. The molecule has 0 aliphatic rings. The summed E-state index contributed by atoms with van der Waals surface area (Å²) >= 11 is 12.4. The van der Waals surface area contributed by atoms with Crippen molar-refractivity contribution in [3.8, 4) is 34.6 Å². The molecule has 6 aromatic rings. The zero-order chi connectivity index (χ0) is 45.5. The molecule has 0 saturated heterocycles. The quantitative estimate of drug-likeness (QED) is 0.0693. The molecule has 0 aliphatic carbocycles. The van der Waals surface area contributed by atoms with E-state index in [1.54, 1.807) is 90.1 Å². The average molecular weight is 1000 g/mol. The second kappa shape index (κ2) is 23.2. The Labute approximate surface area is 414 Å². The van der Waals surface area contributed by atoms with Gasteiger partial charge in [-0.2, -0.15) is 28.2 Å². The summed E-state index contributed by atoms with van der Waals surface area (Å²) in [6.45, 7) is 11.2. The third-order valence-electron chi connectivity index (χ3n) is 9.23. The number of benzene rings is 4. The minimum atomic E-state index is -3.86. The number of rotatable bonds is 14. The molecule has 0 atom stereocenters. The Bertz CT molecular complexity index is 2650. The number of phenolic OH excluding ortho intramolecular Hbond substituents is 2. The van der Waals surface area contributed by atoms with E-state index in [1.165, 1.54) is 30.1 Å². The van der Waals surface area contributed by atoms with Crippen molar-refractivity contribution in [3.05, 3.63) is 106 Å². The van der Waals surface area contributed by atoms with Gasteiger partial charge in [-0.05, 0) is 50.2 Å². The topological polar surface area (TPSA) is 241 Å². The molecule has 0 saturated carbocycles. The van der Waals surface area contributed by atoms with Crippen LogP contribution in [0.25, 0.3) is 11.4 Å². The standard InChI is InChI=1S/2C20H22ClN5O4S.Cr.Na/c2*1-4-25(5-2)31(29,30)18-12-17(27)16(11-15(18)21)22-23-19-13(3)24-26(20(19)28)14-9-7-6-8-10-14;;/h2*6-12,27-28H,4-5H2,1-3H3;;/q;;;+1. The molecule has 0 spiro atoms. The van der Waals surface area contributed by atoms with Gasteiger partial charge in [0.2, 0.25) is 31.8 Å². The molecule has 0 amide bonds. The van der Waals surface area contributed by atoms with Gasteiger partial charge in [-0.1, -0.05) is 87.3 Å². The number of hydrogen-bond donors (Lipinski definition) is 4. The van der Waals surface area contributed by atoms with Gasteiger partial charge >= 0.3 is 29.6 Å². The number of sulfonamides is 2. The smallest absolute Gasteiger partial charge is 0.506 e. The van der Waals surface area contributed by atoms with Gasteiger partial charge < -0.3 is 20.4 Å². The van der Waals surface area contributed by atoms with Gasteiger partial charge in [0.1, 0.15) is 32.7 Å². The first-order chi connectivity index (χ1) is 29.4. The van der Waals surface area contributed by atoms with Crippen LogP contribution in [0, 0.1) is 13.8 Å². The summed E-state index contributed by atoms with van der Waals surface area (Å²) in [6.07, 6.45) is 0. The third-order valence-corrected chi connectivity index (χ3v) is 14.3. The molecule has 18 nitrogen and oxygen atoms in total. The second-order valence-corrected chi connectivity index (χ2v) is 17.8. The van der Waals surface area contributed by atoms with Crippen molar-refractivity contribution in [1.29, 1.82) is 0 Å². The summed E-state index contributed by atoms with van der Waals surface area (Å²) in [6, 6.07) is 22.5. The molecule has 0 radical (unpaired) electrons. The number of aromatic nitrogens is 4. The molecule has 0 unspecified atom stereocenters. The summed E-state index contributed by atoms with van der Waals surface area (Å²) in [7, 11) is -7.73. The van der Waals surface area contributed by atoms with Crippen LogP contribution in [-0.2, 0) is 37.4 Å². The summed E-state index contributed by atoms with van der Waals surface area (Å²) in [5.74, 6) is -1.27. The summed E-state index contributed by atoms with van der Waals surface area (Å²) in [5, 5.41) is 65.9. The minimum Gasteiger partial charge on any atom is -0.506 e. The number of aryl methyl sites for hydroxylation is 2. The number of aromatic hydroxyl groups is 4.